The number of halogens is 2. The zero-order valence-corrected chi connectivity index (χ0v) is 14.3. The SMILES string of the molecule is O=C1C(=Cc2ccc(-c3cc(Cl)ccc3Cl)o2)C(=O)c2ccccc21. The lowest BCUT2D eigenvalue weighted by atomic mass is 10.1. The molecule has 1 heterocycles. The van der Waals surface area contributed by atoms with Crippen LogP contribution in [0.2, 0.25) is 10.0 Å². The fourth-order valence-electron chi connectivity index (χ4n) is 2.81. The Labute approximate surface area is 153 Å². The van der Waals surface area contributed by atoms with Crippen LogP contribution in [-0.2, 0) is 0 Å². The van der Waals surface area contributed by atoms with E-state index in [1.165, 1.54) is 6.08 Å². The van der Waals surface area contributed by atoms with Crippen molar-refractivity contribution in [3.8, 4) is 11.3 Å². The molecule has 0 bridgehead atoms. The summed E-state index contributed by atoms with van der Waals surface area (Å²) >= 11 is 12.2. The number of carbonyl (C=O) groups is 2. The van der Waals surface area contributed by atoms with Gasteiger partial charge in [-0.15, -0.1) is 0 Å². The maximum atomic E-state index is 12.4. The molecule has 0 amide bonds. The minimum atomic E-state index is -0.292. The molecule has 0 radical (unpaired) electrons. The first-order valence-corrected chi connectivity index (χ1v) is 8.25. The van der Waals surface area contributed by atoms with E-state index < -0.39 is 0 Å². The van der Waals surface area contributed by atoms with Crippen LogP contribution >= 0.6 is 23.2 Å². The molecule has 0 spiro atoms. The summed E-state index contributed by atoms with van der Waals surface area (Å²) < 4.78 is 5.74. The maximum Gasteiger partial charge on any atom is 0.197 e. The number of Topliss-reactive ketones (excluding diaryl/α,β-unsaturated/α-hetero) is 2. The van der Waals surface area contributed by atoms with E-state index in [0.29, 0.717) is 38.3 Å². The number of rotatable bonds is 2. The van der Waals surface area contributed by atoms with Gasteiger partial charge in [0.1, 0.15) is 11.5 Å². The third-order valence-corrected chi connectivity index (χ3v) is 4.58. The number of fused-ring (bicyclic) bond motifs is 1. The minimum absolute atomic E-state index is 0.0966. The normalized spacial score (nSPS) is 13.3. The van der Waals surface area contributed by atoms with Crippen LogP contribution < -0.4 is 0 Å². The van der Waals surface area contributed by atoms with Gasteiger partial charge < -0.3 is 4.42 Å². The third-order valence-electron chi connectivity index (χ3n) is 4.01. The van der Waals surface area contributed by atoms with Crippen LogP contribution in [0.4, 0.5) is 0 Å². The Morgan fingerprint density at radius 3 is 2.16 bits per heavy atom. The second-order valence-corrected chi connectivity index (χ2v) is 6.43. The van der Waals surface area contributed by atoms with Gasteiger partial charge in [0.2, 0.25) is 0 Å². The summed E-state index contributed by atoms with van der Waals surface area (Å²) in [6.45, 7) is 0. The van der Waals surface area contributed by atoms with Crippen LogP contribution in [0.3, 0.4) is 0 Å². The van der Waals surface area contributed by atoms with Gasteiger partial charge in [-0.2, -0.15) is 0 Å². The van der Waals surface area contributed by atoms with E-state index in [9.17, 15) is 9.59 Å². The van der Waals surface area contributed by atoms with Crippen molar-refractivity contribution < 1.29 is 14.0 Å². The molecule has 3 nitrogen and oxygen atoms in total. The molecular formula is C20H10Cl2O3. The van der Waals surface area contributed by atoms with Crippen LogP contribution in [0.1, 0.15) is 26.5 Å². The molecule has 0 unspecified atom stereocenters. The van der Waals surface area contributed by atoms with E-state index in [-0.39, 0.29) is 17.1 Å². The van der Waals surface area contributed by atoms with Crippen LogP contribution in [0.5, 0.6) is 0 Å². The molecule has 3 aromatic rings. The molecule has 5 heteroatoms. The maximum absolute atomic E-state index is 12.4. The number of carbonyl (C=O) groups excluding carboxylic acids is 2. The van der Waals surface area contributed by atoms with Gasteiger partial charge in [0.25, 0.3) is 0 Å². The first kappa shape index (κ1) is 15.9. The van der Waals surface area contributed by atoms with Crippen molar-refractivity contribution in [3.63, 3.8) is 0 Å². The highest BCUT2D eigenvalue weighted by Gasteiger charge is 2.32. The van der Waals surface area contributed by atoms with Crippen molar-refractivity contribution in [2.75, 3.05) is 0 Å². The number of benzene rings is 2. The van der Waals surface area contributed by atoms with E-state index in [0.717, 1.165) is 0 Å². The fraction of sp³-hybridized carbons (Fsp3) is 0. The molecule has 0 saturated carbocycles. The highest BCUT2D eigenvalue weighted by molar-refractivity contribution is 6.41. The summed E-state index contributed by atoms with van der Waals surface area (Å²) in [4.78, 5) is 24.8. The van der Waals surface area contributed by atoms with E-state index in [1.807, 2.05) is 0 Å². The predicted molar refractivity (Wildman–Crippen MR) is 97.2 cm³/mol. The average Bonchev–Trinajstić information content (AvgIpc) is 3.17. The van der Waals surface area contributed by atoms with Crippen LogP contribution in [0, 0.1) is 0 Å². The molecule has 0 aliphatic heterocycles. The third kappa shape index (κ3) is 2.72. The van der Waals surface area contributed by atoms with Gasteiger partial charge in [-0.05, 0) is 36.4 Å². The summed E-state index contributed by atoms with van der Waals surface area (Å²) in [6.07, 6.45) is 1.46. The number of furan rings is 1. The summed E-state index contributed by atoms with van der Waals surface area (Å²) in [5.74, 6) is 0.323. The summed E-state index contributed by atoms with van der Waals surface area (Å²) in [5.41, 5.74) is 1.58. The van der Waals surface area contributed by atoms with Gasteiger partial charge in [-0.3, -0.25) is 9.59 Å². The lowest BCUT2D eigenvalue weighted by Gasteiger charge is -2.01. The van der Waals surface area contributed by atoms with Gasteiger partial charge in [0, 0.05) is 21.7 Å². The van der Waals surface area contributed by atoms with Gasteiger partial charge in [-0.25, -0.2) is 0 Å². The number of hydrogen-bond acceptors (Lipinski definition) is 3. The molecule has 0 saturated heterocycles. The number of hydrogen-bond donors (Lipinski definition) is 0. The largest absolute Gasteiger partial charge is 0.457 e. The van der Waals surface area contributed by atoms with E-state index in [4.69, 9.17) is 27.6 Å². The Morgan fingerprint density at radius 2 is 1.48 bits per heavy atom. The summed E-state index contributed by atoms with van der Waals surface area (Å²) in [6, 6.07) is 15.2. The first-order valence-electron chi connectivity index (χ1n) is 7.50. The van der Waals surface area contributed by atoms with Crippen LogP contribution in [0.25, 0.3) is 17.4 Å². The number of ketones is 2. The van der Waals surface area contributed by atoms with Crippen molar-refractivity contribution in [3.05, 3.63) is 87.1 Å². The molecule has 1 aliphatic carbocycles. The molecule has 25 heavy (non-hydrogen) atoms. The van der Waals surface area contributed by atoms with Gasteiger partial charge in [-0.1, -0.05) is 47.5 Å². The minimum Gasteiger partial charge on any atom is -0.457 e. The van der Waals surface area contributed by atoms with E-state index >= 15 is 0 Å². The quantitative estimate of drug-likeness (QED) is 0.429. The second-order valence-electron chi connectivity index (χ2n) is 5.59. The standard InChI is InChI=1S/C20H10Cl2O3/c21-11-5-7-17(22)15(9-11)18-8-6-12(25-18)10-16-19(23)13-3-1-2-4-14(13)20(16)24/h1-10H. The van der Waals surface area contributed by atoms with Gasteiger partial charge in [0.15, 0.2) is 11.6 Å². The molecule has 0 atom stereocenters. The van der Waals surface area contributed by atoms with Crippen LogP contribution in [-0.4, -0.2) is 11.6 Å². The Hall–Kier alpha value is -2.62. The Bertz CT molecular complexity index is 1020. The lowest BCUT2D eigenvalue weighted by molar-refractivity contribution is 0.0990. The highest BCUT2D eigenvalue weighted by atomic mass is 35.5. The topological polar surface area (TPSA) is 47.3 Å². The van der Waals surface area contributed by atoms with Crippen LogP contribution in [0.15, 0.2) is 64.6 Å². The van der Waals surface area contributed by atoms with E-state index in [1.54, 1.807) is 54.6 Å². The van der Waals surface area contributed by atoms with Gasteiger partial charge >= 0.3 is 0 Å². The number of allylic oxidation sites excluding steroid dienone is 1. The summed E-state index contributed by atoms with van der Waals surface area (Å²) in [5, 5.41) is 1.03. The molecule has 0 N–H and O–H groups in total. The van der Waals surface area contributed by atoms with Crippen molar-refractivity contribution in [2.45, 2.75) is 0 Å². The smallest absolute Gasteiger partial charge is 0.197 e. The molecule has 0 fully saturated rings. The molecule has 2 aromatic carbocycles. The zero-order valence-electron chi connectivity index (χ0n) is 12.8. The molecule has 122 valence electrons. The van der Waals surface area contributed by atoms with Crippen molar-refractivity contribution in [2.24, 2.45) is 0 Å². The lowest BCUT2D eigenvalue weighted by Crippen LogP contribution is -1.99. The van der Waals surface area contributed by atoms with Crippen molar-refractivity contribution in [1.29, 1.82) is 0 Å². The van der Waals surface area contributed by atoms with E-state index in [2.05, 4.69) is 0 Å². The second kappa shape index (κ2) is 6.03. The fourth-order valence-corrected chi connectivity index (χ4v) is 3.19. The predicted octanol–water partition coefficient (Wildman–Crippen LogP) is 5.72. The van der Waals surface area contributed by atoms with Gasteiger partial charge in [0.05, 0.1) is 10.6 Å². The Kier molecular flexibility index (Phi) is 3.83. The van der Waals surface area contributed by atoms with Crippen molar-refractivity contribution >= 4 is 40.8 Å². The molecular weight excluding hydrogens is 359 g/mol. The average molecular weight is 369 g/mol. The monoisotopic (exact) mass is 368 g/mol. The molecule has 4 rings (SSSR count). The van der Waals surface area contributed by atoms with Crippen molar-refractivity contribution in [1.82, 2.24) is 0 Å². The Balaban J connectivity index is 1.73. The Morgan fingerprint density at radius 1 is 0.800 bits per heavy atom. The molecule has 1 aromatic heterocycles. The molecule has 1 aliphatic rings. The zero-order chi connectivity index (χ0) is 17.6. The summed E-state index contributed by atoms with van der Waals surface area (Å²) in [7, 11) is 0. The highest BCUT2D eigenvalue weighted by Crippen LogP contribution is 2.33. The first-order chi connectivity index (χ1) is 12.0.